The number of urea groups is 1. The Morgan fingerprint density at radius 1 is 1.13 bits per heavy atom. The third kappa shape index (κ3) is 5.33. The molecule has 23 heavy (non-hydrogen) atoms. The van der Waals surface area contributed by atoms with Crippen LogP contribution in [0.5, 0.6) is 5.75 Å². The third-order valence-electron chi connectivity index (χ3n) is 3.82. The minimum Gasteiger partial charge on any atom is -0.508 e. The first-order valence-corrected chi connectivity index (χ1v) is 7.86. The van der Waals surface area contributed by atoms with Crippen LogP contribution in [0.25, 0.3) is 0 Å². The Morgan fingerprint density at radius 3 is 2.52 bits per heavy atom. The van der Waals surface area contributed by atoms with E-state index in [1.54, 1.807) is 12.1 Å². The summed E-state index contributed by atoms with van der Waals surface area (Å²) in [5, 5.41) is 15.1. The van der Waals surface area contributed by atoms with Crippen LogP contribution in [0.2, 0.25) is 0 Å². The van der Waals surface area contributed by atoms with Crippen molar-refractivity contribution in [1.29, 1.82) is 0 Å². The second kappa shape index (κ2) is 7.68. The summed E-state index contributed by atoms with van der Waals surface area (Å²) >= 11 is 0. The molecule has 2 amide bonds. The molecule has 0 aliphatic heterocycles. The SMILES string of the molecule is Cc1ccc(C)c(NC(=O)N[C@@H](C)CCc2ccc(O)cc2)c1. The fourth-order valence-corrected chi connectivity index (χ4v) is 2.37. The minimum absolute atomic E-state index is 0.0638. The predicted molar refractivity (Wildman–Crippen MR) is 94.0 cm³/mol. The van der Waals surface area contributed by atoms with Crippen molar-refractivity contribution in [1.82, 2.24) is 5.32 Å². The van der Waals surface area contributed by atoms with E-state index in [-0.39, 0.29) is 17.8 Å². The maximum Gasteiger partial charge on any atom is 0.319 e. The van der Waals surface area contributed by atoms with Crippen LogP contribution in [0.3, 0.4) is 0 Å². The number of hydrogen-bond donors (Lipinski definition) is 3. The van der Waals surface area contributed by atoms with Crippen molar-refractivity contribution in [3.63, 3.8) is 0 Å². The smallest absolute Gasteiger partial charge is 0.319 e. The summed E-state index contributed by atoms with van der Waals surface area (Å²) in [7, 11) is 0. The number of carbonyl (C=O) groups excluding carboxylic acids is 1. The van der Waals surface area contributed by atoms with Crippen LogP contribution in [-0.4, -0.2) is 17.2 Å². The Hall–Kier alpha value is -2.49. The highest BCUT2D eigenvalue weighted by Gasteiger charge is 2.09. The lowest BCUT2D eigenvalue weighted by atomic mass is 10.1. The Bertz CT molecular complexity index is 666. The number of rotatable bonds is 5. The van der Waals surface area contributed by atoms with Crippen molar-refractivity contribution >= 4 is 11.7 Å². The Labute approximate surface area is 137 Å². The van der Waals surface area contributed by atoms with Crippen molar-refractivity contribution in [2.75, 3.05) is 5.32 Å². The van der Waals surface area contributed by atoms with Gasteiger partial charge in [0.05, 0.1) is 0 Å². The molecule has 0 aromatic heterocycles. The van der Waals surface area contributed by atoms with E-state index in [0.29, 0.717) is 0 Å². The molecule has 0 unspecified atom stereocenters. The molecule has 2 aromatic rings. The highest BCUT2D eigenvalue weighted by Crippen LogP contribution is 2.16. The zero-order valence-corrected chi connectivity index (χ0v) is 13.9. The van der Waals surface area contributed by atoms with Crippen LogP contribution in [-0.2, 0) is 6.42 Å². The summed E-state index contributed by atoms with van der Waals surface area (Å²) in [5.41, 5.74) is 4.15. The average Bonchev–Trinajstić information content (AvgIpc) is 2.50. The first-order chi connectivity index (χ1) is 10.9. The van der Waals surface area contributed by atoms with E-state index in [2.05, 4.69) is 10.6 Å². The van der Waals surface area contributed by atoms with Gasteiger partial charge in [-0.25, -0.2) is 4.79 Å². The molecule has 0 heterocycles. The molecular formula is C19H24N2O2. The molecule has 3 N–H and O–H groups in total. The topological polar surface area (TPSA) is 61.4 Å². The summed E-state index contributed by atoms with van der Waals surface area (Å²) < 4.78 is 0. The number of phenols is 1. The van der Waals surface area contributed by atoms with E-state index in [0.717, 1.165) is 35.2 Å². The van der Waals surface area contributed by atoms with Gasteiger partial charge in [0.2, 0.25) is 0 Å². The van der Waals surface area contributed by atoms with Gasteiger partial charge in [-0.2, -0.15) is 0 Å². The molecule has 122 valence electrons. The number of aryl methyl sites for hydroxylation is 3. The predicted octanol–water partition coefficient (Wildman–Crippen LogP) is 4.15. The van der Waals surface area contributed by atoms with Crippen molar-refractivity contribution in [2.45, 2.75) is 39.7 Å². The van der Waals surface area contributed by atoms with Crippen molar-refractivity contribution in [2.24, 2.45) is 0 Å². The van der Waals surface area contributed by atoms with Gasteiger partial charge < -0.3 is 15.7 Å². The molecule has 4 heteroatoms. The molecule has 0 saturated carbocycles. The van der Waals surface area contributed by atoms with Crippen molar-refractivity contribution in [3.8, 4) is 5.75 Å². The second-order valence-corrected chi connectivity index (χ2v) is 6.02. The van der Waals surface area contributed by atoms with Crippen molar-refractivity contribution in [3.05, 3.63) is 59.2 Å². The standard InChI is InChI=1S/C19H24N2O2/c1-13-4-5-14(2)18(12-13)21-19(23)20-15(3)6-7-16-8-10-17(22)11-9-16/h4-5,8-12,15,22H,6-7H2,1-3H3,(H2,20,21,23)/t15-/m0/s1. The van der Waals surface area contributed by atoms with E-state index in [9.17, 15) is 9.90 Å². The summed E-state index contributed by atoms with van der Waals surface area (Å²) in [5.74, 6) is 0.271. The number of phenolic OH excluding ortho intramolecular Hbond substituents is 1. The van der Waals surface area contributed by atoms with E-state index >= 15 is 0 Å². The highest BCUT2D eigenvalue weighted by molar-refractivity contribution is 5.90. The maximum absolute atomic E-state index is 12.1. The zero-order chi connectivity index (χ0) is 16.8. The molecular weight excluding hydrogens is 288 g/mol. The van der Waals surface area contributed by atoms with Crippen LogP contribution >= 0.6 is 0 Å². The number of hydrogen-bond acceptors (Lipinski definition) is 2. The van der Waals surface area contributed by atoms with Gasteiger partial charge in [0.15, 0.2) is 0 Å². The first-order valence-electron chi connectivity index (χ1n) is 7.86. The van der Waals surface area contributed by atoms with E-state index < -0.39 is 0 Å². The molecule has 0 fully saturated rings. The van der Waals surface area contributed by atoms with Gasteiger partial charge in [0.1, 0.15) is 5.75 Å². The molecule has 0 spiro atoms. The third-order valence-corrected chi connectivity index (χ3v) is 3.82. The van der Waals surface area contributed by atoms with Gasteiger partial charge in [-0.1, -0.05) is 24.3 Å². The monoisotopic (exact) mass is 312 g/mol. The lowest BCUT2D eigenvalue weighted by molar-refractivity contribution is 0.248. The van der Waals surface area contributed by atoms with Crippen LogP contribution in [0.15, 0.2) is 42.5 Å². The second-order valence-electron chi connectivity index (χ2n) is 6.02. The summed E-state index contributed by atoms with van der Waals surface area (Å²) in [6.45, 7) is 5.97. The number of nitrogens with one attached hydrogen (secondary N) is 2. The fraction of sp³-hybridized carbons (Fsp3) is 0.316. The largest absolute Gasteiger partial charge is 0.508 e. The van der Waals surface area contributed by atoms with Gasteiger partial charge >= 0.3 is 6.03 Å². The van der Waals surface area contributed by atoms with E-state index in [4.69, 9.17) is 0 Å². The number of aromatic hydroxyl groups is 1. The number of anilines is 1. The van der Waals surface area contributed by atoms with E-state index in [1.807, 2.05) is 51.1 Å². The normalized spacial score (nSPS) is 11.8. The van der Waals surface area contributed by atoms with Crippen LogP contribution in [0, 0.1) is 13.8 Å². The van der Waals surface area contributed by atoms with Crippen LogP contribution in [0.4, 0.5) is 10.5 Å². The van der Waals surface area contributed by atoms with Crippen LogP contribution < -0.4 is 10.6 Å². The molecule has 2 rings (SSSR count). The molecule has 0 aliphatic rings. The number of carbonyl (C=O) groups is 1. The maximum atomic E-state index is 12.1. The Kier molecular flexibility index (Phi) is 5.63. The molecule has 0 saturated heterocycles. The first kappa shape index (κ1) is 16.9. The molecule has 1 atom stereocenters. The Morgan fingerprint density at radius 2 is 1.83 bits per heavy atom. The molecule has 0 radical (unpaired) electrons. The van der Waals surface area contributed by atoms with Gasteiger partial charge in [-0.15, -0.1) is 0 Å². The van der Waals surface area contributed by atoms with Crippen LogP contribution in [0.1, 0.15) is 30.0 Å². The molecule has 4 nitrogen and oxygen atoms in total. The molecule has 2 aromatic carbocycles. The Balaban J connectivity index is 1.82. The summed E-state index contributed by atoms with van der Waals surface area (Å²) in [6, 6.07) is 13.0. The van der Waals surface area contributed by atoms with Gasteiger partial charge in [0, 0.05) is 11.7 Å². The highest BCUT2D eigenvalue weighted by atomic mass is 16.3. The van der Waals surface area contributed by atoms with E-state index in [1.165, 1.54) is 0 Å². The zero-order valence-electron chi connectivity index (χ0n) is 13.9. The lowest BCUT2D eigenvalue weighted by Gasteiger charge is -2.16. The lowest BCUT2D eigenvalue weighted by Crippen LogP contribution is -2.36. The summed E-state index contributed by atoms with van der Waals surface area (Å²) in [6.07, 6.45) is 1.69. The van der Waals surface area contributed by atoms with Gasteiger partial charge in [-0.05, 0) is 68.5 Å². The quantitative estimate of drug-likeness (QED) is 0.776. The van der Waals surface area contributed by atoms with Crippen molar-refractivity contribution < 1.29 is 9.90 Å². The molecule has 0 aliphatic carbocycles. The number of benzene rings is 2. The summed E-state index contributed by atoms with van der Waals surface area (Å²) in [4.78, 5) is 12.1. The molecule has 0 bridgehead atoms. The fourth-order valence-electron chi connectivity index (χ4n) is 2.37. The van der Waals surface area contributed by atoms with Gasteiger partial charge in [0.25, 0.3) is 0 Å². The minimum atomic E-state index is -0.183. The average molecular weight is 312 g/mol. The number of amides is 2. The van der Waals surface area contributed by atoms with Gasteiger partial charge in [-0.3, -0.25) is 0 Å².